The highest BCUT2D eigenvalue weighted by Gasteiger charge is 2.23. The molecular formula is C18H17N5O3. The van der Waals surface area contributed by atoms with E-state index in [4.69, 9.17) is 5.73 Å². The van der Waals surface area contributed by atoms with Crippen LogP contribution in [0.1, 0.15) is 29.7 Å². The van der Waals surface area contributed by atoms with E-state index in [9.17, 15) is 14.4 Å². The zero-order valence-corrected chi connectivity index (χ0v) is 14.0. The van der Waals surface area contributed by atoms with Crippen LogP contribution in [0.25, 0.3) is 10.9 Å². The predicted molar refractivity (Wildman–Crippen MR) is 96.7 cm³/mol. The fourth-order valence-electron chi connectivity index (χ4n) is 2.70. The normalized spacial score (nSPS) is 11.9. The van der Waals surface area contributed by atoms with E-state index in [1.54, 1.807) is 49.4 Å². The van der Waals surface area contributed by atoms with E-state index in [-0.39, 0.29) is 11.3 Å². The number of nitrogens with two attached hydrogens (primary N) is 1. The van der Waals surface area contributed by atoms with Crippen molar-refractivity contribution >= 4 is 28.4 Å². The molecule has 0 bridgehead atoms. The van der Waals surface area contributed by atoms with Crippen LogP contribution in [0, 0.1) is 0 Å². The molecule has 0 aliphatic rings. The molecule has 0 aliphatic heterocycles. The number of fused-ring (bicyclic) bond motifs is 1. The molecule has 0 aliphatic carbocycles. The summed E-state index contributed by atoms with van der Waals surface area (Å²) in [5.41, 5.74) is 5.86. The predicted octanol–water partition coefficient (Wildman–Crippen LogP) is 1.48. The zero-order valence-electron chi connectivity index (χ0n) is 14.0. The number of para-hydroxylation sites is 1. The molecule has 8 nitrogen and oxygen atoms in total. The molecule has 0 spiro atoms. The van der Waals surface area contributed by atoms with Gasteiger partial charge in [-0.15, -0.1) is 5.10 Å². The smallest absolute Gasteiger partial charge is 0.278 e. The van der Waals surface area contributed by atoms with E-state index in [0.717, 1.165) is 4.68 Å². The first kappa shape index (κ1) is 17.3. The highest BCUT2D eigenvalue weighted by atomic mass is 16.2. The molecule has 0 saturated heterocycles. The lowest BCUT2D eigenvalue weighted by molar-refractivity contribution is -0.119. The summed E-state index contributed by atoms with van der Waals surface area (Å²) in [5.74, 6) is -1.13. The second-order valence-electron chi connectivity index (χ2n) is 5.68. The molecule has 3 aromatic rings. The van der Waals surface area contributed by atoms with Crippen LogP contribution in [0.2, 0.25) is 0 Å². The first-order chi connectivity index (χ1) is 12.5. The highest BCUT2D eigenvalue weighted by molar-refractivity contribution is 6.03. The van der Waals surface area contributed by atoms with Crippen LogP contribution >= 0.6 is 0 Å². The summed E-state index contributed by atoms with van der Waals surface area (Å²) in [6, 6.07) is 12.3. The Labute approximate surface area is 148 Å². The van der Waals surface area contributed by atoms with Gasteiger partial charge in [-0.3, -0.25) is 14.4 Å². The largest absolute Gasteiger partial charge is 0.366 e. The van der Waals surface area contributed by atoms with E-state index in [1.807, 2.05) is 0 Å². The molecule has 0 fully saturated rings. The van der Waals surface area contributed by atoms with Gasteiger partial charge in [-0.25, -0.2) is 0 Å². The number of anilines is 1. The first-order valence-electron chi connectivity index (χ1n) is 8.07. The van der Waals surface area contributed by atoms with Gasteiger partial charge >= 0.3 is 0 Å². The molecule has 132 valence electrons. The number of carbonyl (C=O) groups is 2. The molecular weight excluding hydrogens is 334 g/mol. The van der Waals surface area contributed by atoms with Crippen LogP contribution in [-0.4, -0.2) is 26.8 Å². The van der Waals surface area contributed by atoms with Crippen molar-refractivity contribution in [3.63, 3.8) is 0 Å². The summed E-state index contributed by atoms with van der Waals surface area (Å²) in [6.07, 6.45) is 0.317. The van der Waals surface area contributed by atoms with Crippen LogP contribution in [0.4, 0.5) is 5.69 Å². The van der Waals surface area contributed by atoms with Crippen LogP contribution in [0.5, 0.6) is 0 Å². The Kier molecular flexibility index (Phi) is 4.74. The molecule has 1 aromatic heterocycles. The van der Waals surface area contributed by atoms with Gasteiger partial charge in [0.05, 0.1) is 16.6 Å². The minimum atomic E-state index is -0.875. The standard InChI is InChI=1S/C18H17N5O3/c1-2-15(17(25)20-13-9-5-3-7-11(13)16(19)24)23-18(26)12-8-4-6-10-14(12)21-22-23/h3-10,15H,2H2,1H3,(H2,19,24)(H,20,25)/t15-/m0/s1. The summed E-state index contributed by atoms with van der Waals surface area (Å²) < 4.78 is 1.06. The minimum Gasteiger partial charge on any atom is -0.366 e. The number of hydrogen-bond donors (Lipinski definition) is 2. The third-order valence-corrected chi connectivity index (χ3v) is 4.03. The average molecular weight is 351 g/mol. The lowest BCUT2D eigenvalue weighted by atomic mass is 10.1. The minimum absolute atomic E-state index is 0.188. The fourth-order valence-corrected chi connectivity index (χ4v) is 2.70. The SMILES string of the molecule is CC[C@@H](C(=O)Nc1ccccc1C(N)=O)n1nnc2ccccc2c1=O. The number of aromatic nitrogens is 3. The van der Waals surface area contributed by atoms with Gasteiger partial charge in [-0.1, -0.05) is 36.4 Å². The van der Waals surface area contributed by atoms with Gasteiger partial charge in [0.15, 0.2) is 0 Å². The molecule has 3 N–H and O–H groups in total. The van der Waals surface area contributed by atoms with Gasteiger partial charge in [0.2, 0.25) is 5.91 Å². The summed E-state index contributed by atoms with van der Waals surface area (Å²) >= 11 is 0. The Morgan fingerprint density at radius 1 is 1.15 bits per heavy atom. The number of hydrogen-bond acceptors (Lipinski definition) is 5. The molecule has 1 heterocycles. The number of rotatable bonds is 5. The van der Waals surface area contributed by atoms with E-state index in [1.165, 1.54) is 6.07 Å². The van der Waals surface area contributed by atoms with Crippen molar-refractivity contribution in [1.82, 2.24) is 15.0 Å². The van der Waals surface area contributed by atoms with Crippen molar-refractivity contribution in [3.05, 3.63) is 64.4 Å². The molecule has 8 heteroatoms. The van der Waals surface area contributed by atoms with E-state index < -0.39 is 23.4 Å². The first-order valence-corrected chi connectivity index (χ1v) is 8.07. The van der Waals surface area contributed by atoms with E-state index >= 15 is 0 Å². The molecule has 26 heavy (non-hydrogen) atoms. The summed E-state index contributed by atoms with van der Waals surface area (Å²) in [6.45, 7) is 1.76. The van der Waals surface area contributed by atoms with E-state index in [2.05, 4.69) is 15.6 Å². The lowest BCUT2D eigenvalue weighted by Gasteiger charge is -2.17. The molecule has 2 amide bonds. The Hall–Kier alpha value is -3.55. The van der Waals surface area contributed by atoms with Crippen molar-refractivity contribution in [2.24, 2.45) is 5.73 Å². The number of primary amides is 1. The Balaban J connectivity index is 1.97. The maximum atomic E-state index is 12.7. The van der Waals surface area contributed by atoms with Gasteiger partial charge in [-0.2, -0.15) is 4.68 Å². The van der Waals surface area contributed by atoms with Gasteiger partial charge < -0.3 is 11.1 Å². The van der Waals surface area contributed by atoms with Gasteiger partial charge in [0.1, 0.15) is 11.6 Å². The van der Waals surface area contributed by atoms with Crippen LogP contribution in [-0.2, 0) is 4.79 Å². The maximum Gasteiger partial charge on any atom is 0.278 e. The monoisotopic (exact) mass is 351 g/mol. The number of nitrogens with zero attached hydrogens (tertiary/aromatic N) is 3. The van der Waals surface area contributed by atoms with Gasteiger partial charge in [0, 0.05) is 0 Å². The van der Waals surface area contributed by atoms with Crippen molar-refractivity contribution in [3.8, 4) is 0 Å². The van der Waals surface area contributed by atoms with Crippen molar-refractivity contribution in [2.75, 3.05) is 5.32 Å². The third kappa shape index (κ3) is 3.16. The molecule has 0 unspecified atom stereocenters. The lowest BCUT2D eigenvalue weighted by Crippen LogP contribution is -2.35. The van der Waals surface area contributed by atoms with Gasteiger partial charge in [-0.05, 0) is 30.7 Å². The van der Waals surface area contributed by atoms with Crippen LogP contribution < -0.4 is 16.6 Å². The van der Waals surface area contributed by atoms with Crippen molar-refractivity contribution in [1.29, 1.82) is 0 Å². The summed E-state index contributed by atoms with van der Waals surface area (Å²) in [7, 11) is 0. The molecule has 0 saturated carbocycles. The van der Waals surface area contributed by atoms with Crippen LogP contribution in [0.3, 0.4) is 0 Å². The Morgan fingerprint density at radius 2 is 1.85 bits per heavy atom. The number of benzene rings is 2. The summed E-state index contributed by atoms with van der Waals surface area (Å²) in [5, 5.41) is 10.9. The molecule has 3 rings (SSSR count). The third-order valence-electron chi connectivity index (χ3n) is 4.03. The fraction of sp³-hybridized carbons (Fsp3) is 0.167. The zero-order chi connectivity index (χ0) is 18.7. The highest BCUT2D eigenvalue weighted by Crippen LogP contribution is 2.18. The topological polar surface area (TPSA) is 120 Å². The Bertz CT molecular complexity index is 1040. The molecule has 1 atom stereocenters. The van der Waals surface area contributed by atoms with E-state index in [0.29, 0.717) is 17.3 Å². The maximum absolute atomic E-state index is 12.7. The average Bonchev–Trinajstić information content (AvgIpc) is 2.64. The molecule has 0 radical (unpaired) electrons. The van der Waals surface area contributed by atoms with Crippen molar-refractivity contribution in [2.45, 2.75) is 19.4 Å². The Morgan fingerprint density at radius 3 is 2.58 bits per heavy atom. The van der Waals surface area contributed by atoms with Gasteiger partial charge in [0.25, 0.3) is 11.5 Å². The number of amides is 2. The molecule has 2 aromatic carbocycles. The van der Waals surface area contributed by atoms with Crippen LogP contribution in [0.15, 0.2) is 53.3 Å². The second-order valence-corrected chi connectivity index (χ2v) is 5.68. The summed E-state index contributed by atoms with van der Waals surface area (Å²) in [4.78, 5) is 36.9. The van der Waals surface area contributed by atoms with Crippen molar-refractivity contribution < 1.29 is 9.59 Å². The number of carbonyl (C=O) groups excluding carboxylic acids is 2. The quantitative estimate of drug-likeness (QED) is 0.721. The number of nitrogens with one attached hydrogen (secondary N) is 1. The second kappa shape index (κ2) is 7.14.